The highest BCUT2D eigenvalue weighted by Crippen LogP contribution is 2.30. The number of imidazole rings is 1. The fourth-order valence-electron chi connectivity index (χ4n) is 1.86. The number of aryl methyl sites for hydroxylation is 1. The molecule has 2 heterocycles. The topological polar surface area (TPSA) is 78.9 Å². The summed E-state index contributed by atoms with van der Waals surface area (Å²) in [6.07, 6.45) is 1.38. The lowest BCUT2D eigenvalue weighted by molar-refractivity contribution is 0.0692. The van der Waals surface area contributed by atoms with Gasteiger partial charge in [-0.25, -0.2) is 9.78 Å². The SMILES string of the molecule is Cc1cc(Sc2nc3ccccc3[nH]2)c(C(=O)O)cn1. The van der Waals surface area contributed by atoms with Crippen LogP contribution in [0, 0.1) is 6.92 Å². The maximum atomic E-state index is 11.2. The Labute approximate surface area is 119 Å². The number of carboxylic acids is 1. The first-order valence-electron chi connectivity index (χ1n) is 5.96. The predicted octanol–water partition coefficient (Wildman–Crippen LogP) is 3.12. The molecule has 0 aliphatic rings. The van der Waals surface area contributed by atoms with Gasteiger partial charge in [0.15, 0.2) is 5.16 Å². The number of pyridine rings is 1. The van der Waals surface area contributed by atoms with Gasteiger partial charge >= 0.3 is 5.97 Å². The molecule has 0 saturated carbocycles. The van der Waals surface area contributed by atoms with E-state index in [0.717, 1.165) is 16.7 Å². The second-order valence-electron chi connectivity index (χ2n) is 4.29. The molecule has 1 aromatic carbocycles. The van der Waals surface area contributed by atoms with E-state index in [2.05, 4.69) is 15.0 Å². The van der Waals surface area contributed by atoms with E-state index in [1.54, 1.807) is 6.07 Å². The number of fused-ring (bicyclic) bond motifs is 1. The number of aromatic carboxylic acids is 1. The number of hydrogen-bond donors (Lipinski definition) is 2. The number of aromatic nitrogens is 3. The molecule has 3 rings (SSSR count). The average molecular weight is 285 g/mol. The minimum atomic E-state index is -0.990. The van der Waals surface area contributed by atoms with Crippen LogP contribution in [0.15, 0.2) is 46.6 Å². The van der Waals surface area contributed by atoms with E-state index in [-0.39, 0.29) is 5.56 Å². The van der Waals surface area contributed by atoms with E-state index in [1.165, 1.54) is 18.0 Å². The number of para-hydroxylation sites is 2. The Morgan fingerprint density at radius 1 is 1.35 bits per heavy atom. The summed E-state index contributed by atoms with van der Waals surface area (Å²) in [5.74, 6) is -0.990. The number of carboxylic acid groups (broad SMARTS) is 1. The normalized spacial score (nSPS) is 10.8. The summed E-state index contributed by atoms with van der Waals surface area (Å²) >= 11 is 1.29. The van der Waals surface area contributed by atoms with E-state index >= 15 is 0 Å². The number of H-pyrrole nitrogens is 1. The van der Waals surface area contributed by atoms with Gasteiger partial charge in [-0.05, 0) is 25.1 Å². The molecule has 3 aromatic rings. The van der Waals surface area contributed by atoms with E-state index in [9.17, 15) is 9.90 Å². The van der Waals surface area contributed by atoms with Crippen LogP contribution in [0.5, 0.6) is 0 Å². The van der Waals surface area contributed by atoms with E-state index in [0.29, 0.717) is 10.1 Å². The van der Waals surface area contributed by atoms with E-state index in [1.807, 2.05) is 31.2 Å². The van der Waals surface area contributed by atoms with Crippen LogP contribution in [0.3, 0.4) is 0 Å². The summed E-state index contributed by atoms with van der Waals surface area (Å²) in [4.78, 5) is 23.5. The van der Waals surface area contributed by atoms with Gasteiger partial charge in [0.25, 0.3) is 0 Å². The molecule has 2 aromatic heterocycles. The standard InChI is InChI=1S/C14H11N3O2S/c1-8-6-12(9(7-15-8)13(18)19)20-14-16-10-4-2-3-5-11(10)17-14/h2-7H,1H3,(H,16,17)(H,18,19). The molecule has 100 valence electrons. The fourth-order valence-corrected chi connectivity index (χ4v) is 2.85. The molecule has 0 amide bonds. The number of hydrogen-bond acceptors (Lipinski definition) is 4. The average Bonchev–Trinajstić information content (AvgIpc) is 2.80. The number of rotatable bonds is 3. The minimum Gasteiger partial charge on any atom is -0.478 e. The van der Waals surface area contributed by atoms with Gasteiger partial charge in [0.1, 0.15) is 0 Å². The van der Waals surface area contributed by atoms with Crippen molar-refractivity contribution < 1.29 is 9.90 Å². The summed E-state index contributed by atoms with van der Waals surface area (Å²) < 4.78 is 0. The van der Waals surface area contributed by atoms with Crippen LogP contribution in [0.1, 0.15) is 16.1 Å². The zero-order valence-corrected chi connectivity index (χ0v) is 11.4. The van der Waals surface area contributed by atoms with Crippen molar-refractivity contribution in [3.8, 4) is 0 Å². The van der Waals surface area contributed by atoms with Gasteiger partial charge in [-0.1, -0.05) is 23.9 Å². The highest BCUT2D eigenvalue weighted by atomic mass is 32.2. The lowest BCUT2D eigenvalue weighted by atomic mass is 10.2. The molecule has 0 fully saturated rings. The molecular formula is C14H11N3O2S. The maximum Gasteiger partial charge on any atom is 0.338 e. The summed E-state index contributed by atoms with van der Waals surface area (Å²) in [7, 11) is 0. The third-order valence-electron chi connectivity index (χ3n) is 2.81. The maximum absolute atomic E-state index is 11.2. The highest BCUT2D eigenvalue weighted by molar-refractivity contribution is 7.99. The van der Waals surface area contributed by atoms with Gasteiger partial charge < -0.3 is 10.1 Å². The van der Waals surface area contributed by atoms with Crippen LogP contribution >= 0.6 is 11.8 Å². The van der Waals surface area contributed by atoms with Gasteiger partial charge in [-0.3, -0.25) is 4.98 Å². The molecule has 6 heteroatoms. The molecule has 0 atom stereocenters. The molecule has 20 heavy (non-hydrogen) atoms. The van der Waals surface area contributed by atoms with Crippen molar-refractivity contribution in [3.05, 3.63) is 47.8 Å². The van der Waals surface area contributed by atoms with Crippen molar-refractivity contribution in [2.45, 2.75) is 17.0 Å². The summed E-state index contributed by atoms with van der Waals surface area (Å²) in [5.41, 5.74) is 2.74. The highest BCUT2D eigenvalue weighted by Gasteiger charge is 2.14. The van der Waals surface area contributed by atoms with Crippen LogP contribution in [0.2, 0.25) is 0 Å². The molecule has 0 aliphatic heterocycles. The van der Waals surface area contributed by atoms with Crippen molar-refractivity contribution >= 4 is 28.8 Å². The molecule has 5 nitrogen and oxygen atoms in total. The lowest BCUT2D eigenvalue weighted by Crippen LogP contribution is -2.00. The first kappa shape index (κ1) is 12.7. The third kappa shape index (κ3) is 2.37. The van der Waals surface area contributed by atoms with Gasteiger partial charge in [-0.15, -0.1) is 0 Å². The third-order valence-corrected chi connectivity index (χ3v) is 3.75. The van der Waals surface area contributed by atoms with Gasteiger partial charge in [0.2, 0.25) is 0 Å². The van der Waals surface area contributed by atoms with Crippen LogP contribution < -0.4 is 0 Å². The number of benzene rings is 1. The van der Waals surface area contributed by atoms with Crippen molar-refractivity contribution in [1.82, 2.24) is 15.0 Å². The predicted molar refractivity (Wildman–Crippen MR) is 76.2 cm³/mol. The number of carbonyl (C=O) groups is 1. The first-order chi connectivity index (χ1) is 9.63. The molecule has 2 N–H and O–H groups in total. The molecule has 0 radical (unpaired) electrons. The zero-order chi connectivity index (χ0) is 14.1. The van der Waals surface area contributed by atoms with E-state index < -0.39 is 5.97 Å². The smallest absolute Gasteiger partial charge is 0.338 e. The van der Waals surface area contributed by atoms with Crippen LogP contribution in [0.25, 0.3) is 11.0 Å². The largest absolute Gasteiger partial charge is 0.478 e. The zero-order valence-electron chi connectivity index (χ0n) is 10.6. The number of aromatic amines is 1. The summed E-state index contributed by atoms with van der Waals surface area (Å²) in [5, 5.41) is 9.86. The first-order valence-corrected chi connectivity index (χ1v) is 6.77. The molecule has 0 saturated heterocycles. The Morgan fingerprint density at radius 3 is 2.90 bits per heavy atom. The van der Waals surface area contributed by atoms with Crippen molar-refractivity contribution in [3.63, 3.8) is 0 Å². The molecular weight excluding hydrogens is 274 g/mol. The van der Waals surface area contributed by atoms with Crippen LogP contribution in [-0.4, -0.2) is 26.0 Å². The van der Waals surface area contributed by atoms with Crippen molar-refractivity contribution in [2.75, 3.05) is 0 Å². The Hall–Kier alpha value is -2.34. The Bertz CT molecular complexity index is 765. The van der Waals surface area contributed by atoms with Crippen LogP contribution in [0.4, 0.5) is 0 Å². The van der Waals surface area contributed by atoms with Crippen molar-refractivity contribution in [2.24, 2.45) is 0 Å². The Balaban J connectivity index is 2.01. The number of nitrogens with one attached hydrogen (secondary N) is 1. The molecule has 0 aliphatic carbocycles. The van der Waals surface area contributed by atoms with E-state index in [4.69, 9.17) is 0 Å². The number of nitrogens with zero attached hydrogens (tertiary/aromatic N) is 2. The minimum absolute atomic E-state index is 0.182. The second-order valence-corrected chi connectivity index (χ2v) is 5.32. The second kappa shape index (κ2) is 4.97. The molecule has 0 bridgehead atoms. The summed E-state index contributed by atoms with van der Waals surface area (Å²) in [6.45, 7) is 1.83. The molecule has 0 unspecified atom stereocenters. The van der Waals surface area contributed by atoms with Gasteiger partial charge in [0.05, 0.1) is 16.6 Å². The van der Waals surface area contributed by atoms with Gasteiger partial charge in [-0.2, -0.15) is 0 Å². The van der Waals surface area contributed by atoms with Gasteiger partial charge in [0, 0.05) is 16.8 Å². The Morgan fingerprint density at radius 2 is 2.15 bits per heavy atom. The lowest BCUT2D eigenvalue weighted by Gasteiger charge is -2.04. The molecule has 0 spiro atoms. The quantitative estimate of drug-likeness (QED) is 0.773. The van der Waals surface area contributed by atoms with Crippen molar-refractivity contribution in [1.29, 1.82) is 0 Å². The summed E-state index contributed by atoms with van der Waals surface area (Å²) in [6, 6.07) is 9.43. The fraction of sp³-hybridized carbons (Fsp3) is 0.0714. The monoisotopic (exact) mass is 285 g/mol. The Kier molecular flexibility index (Phi) is 3.15. The van der Waals surface area contributed by atoms with Crippen LogP contribution in [-0.2, 0) is 0 Å².